The molecular formula is C16H22N2O3. The van der Waals surface area contributed by atoms with Gasteiger partial charge in [0.05, 0.1) is 17.0 Å². The van der Waals surface area contributed by atoms with Crippen molar-refractivity contribution in [2.75, 3.05) is 0 Å². The van der Waals surface area contributed by atoms with Crippen LogP contribution in [0.15, 0.2) is 16.9 Å². The highest BCUT2D eigenvalue weighted by atomic mass is 16.3. The lowest BCUT2D eigenvalue weighted by Crippen LogP contribution is -2.20. The predicted octanol–water partition coefficient (Wildman–Crippen LogP) is 2.83. The maximum absolute atomic E-state index is 12.2. The molecule has 0 saturated heterocycles. The summed E-state index contributed by atoms with van der Waals surface area (Å²) in [6.45, 7) is 9.45. The maximum Gasteiger partial charge on any atom is 0.258 e. The number of aliphatic hydroxyl groups is 1. The molecule has 21 heavy (non-hydrogen) atoms. The number of hydrogen-bond acceptors (Lipinski definition) is 4. The van der Waals surface area contributed by atoms with E-state index < -0.39 is 11.5 Å². The molecule has 2 rings (SSSR count). The fourth-order valence-corrected chi connectivity index (χ4v) is 2.21. The van der Waals surface area contributed by atoms with Crippen LogP contribution < -0.4 is 5.56 Å². The summed E-state index contributed by atoms with van der Waals surface area (Å²) in [4.78, 5) is 19.4. The monoisotopic (exact) mass is 290 g/mol. The van der Waals surface area contributed by atoms with Crippen LogP contribution in [0, 0.1) is 5.41 Å². The molecule has 0 saturated carbocycles. The van der Waals surface area contributed by atoms with Gasteiger partial charge in [-0.1, -0.05) is 34.6 Å². The lowest BCUT2D eigenvalue weighted by atomic mass is 9.83. The van der Waals surface area contributed by atoms with Crippen LogP contribution in [0.1, 0.15) is 58.0 Å². The molecule has 3 N–H and O–H groups in total. The van der Waals surface area contributed by atoms with Crippen LogP contribution in [-0.4, -0.2) is 20.2 Å². The van der Waals surface area contributed by atoms with Gasteiger partial charge in [0.25, 0.3) is 5.56 Å². The molecule has 0 aliphatic carbocycles. The van der Waals surface area contributed by atoms with Crippen LogP contribution in [0.3, 0.4) is 0 Å². The summed E-state index contributed by atoms with van der Waals surface area (Å²) >= 11 is 0. The second kappa shape index (κ2) is 5.15. The van der Waals surface area contributed by atoms with Gasteiger partial charge in [-0.05, 0) is 17.5 Å². The van der Waals surface area contributed by atoms with Crippen molar-refractivity contribution < 1.29 is 10.2 Å². The summed E-state index contributed by atoms with van der Waals surface area (Å²) in [5.74, 6) is 0.544. The van der Waals surface area contributed by atoms with Crippen molar-refractivity contribution in [1.29, 1.82) is 0 Å². The number of aromatic nitrogens is 2. The predicted molar refractivity (Wildman–Crippen MR) is 82.5 cm³/mol. The third-order valence-electron chi connectivity index (χ3n) is 3.55. The molecule has 0 amide bonds. The molecule has 0 radical (unpaired) electrons. The van der Waals surface area contributed by atoms with Crippen molar-refractivity contribution in [2.24, 2.45) is 5.41 Å². The van der Waals surface area contributed by atoms with Crippen LogP contribution in [-0.2, 0) is 0 Å². The molecule has 1 atom stereocenters. The van der Waals surface area contributed by atoms with Crippen LogP contribution in [0.25, 0.3) is 10.9 Å². The molecule has 2 aromatic rings. The fraction of sp³-hybridized carbons (Fsp3) is 0.500. The fourth-order valence-electron chi connectivity index (χ4n) is 2.21. The minimum atomic E-state index is -0.921. The number of phenols is 1. The Kier molecular flexibility index (Phi) is 3.80. The van der Waals surface area contributed by atoms with Gasteiger partial charge in [0.2, 0.25) is 0 Å². The van der Waals surface area contributed by atoms with Crippen molar-refractivity contribution in [1.82, 2.24) is 9.97 Å². The van der Waals surface area contributed by atoms with Crippen molar-refractivity contribution >= 4 is 10.9 Å². The van der Waals surface area contributed by atoms with Gasteiger partial charge >= 0.3 is 0 Å². The number of H-pyrrole nitrogens is 1. The first-order chi connectivity index (χ1) is 9.62. The lowest BCUT2D eigenvalue weighted by Gasteiger charge is -2.27. The van der Waals surface area contributed by atoms with E-state index in [1.165, 1.54) is 12.1 Å². The third kappa shape index (κ3) is 2.78. The smallest absolute Gasteiger partial charge is 0.258 e. The van der Waals surface area contributed by atoms with Gasteiger partial charge in [0.1, 0.15) is 11.6 Å². The summed E-state index contributed by atoms with van der Waals surface area (Å²) in [7, 11) is 0. The molecule has 1 unspecified atom stereocenters. The van der Waals surface area contributed by atoms with Crippen LogP contribution in [0.5, 0.6) is 5.75 Å². The van der Waals surface area contributed by atoms with Gasteiger partial charge in [-0.25, -0.2) is 4.98 Å². The first kappa shape index (κ1) is 15.5. The first-order valence-electron chi connectivity index (χ1n) is 7.06. The average Bonchev–Trinajstić information content (AvgIpc) is 2.36. The van der Waals surface area contributed by atoms with Gasteiger partial charge in [-0.2, -0.15) is 0 Å². The number of aromatic hydroxyl groups is 1. The highest BCUT2D eigenvalue weighted by molar-refractivity contribution is 5.83. The van der Waals surface area contributed by atoms with Gasteiger partial charge < -0.3 is 15.2 Å². The highest BCUT2D eigenvalue weighted by Crippen LogP contribution is 2.39. The van der Waals surface area contributed by atoms with Crippen molar-refractivity contribution in [2.45, 2.75) is 46.6 Å². The Bertz CT molecular complexity index is 727. The number of hydrogen-bond donors (Lipinski definition) is 3. The Morgan fingerprint density at radius 3 is 2.38 bits per heavy atom. The second-order valence-electron chi connectivity index (χ2n) is 6.77. The molecule has 0 fully saturated rings. The van der Waals surface area contributed by atoms with E-state index in [4.69, 9.17) is 0 Å². The second-order valence-corrected chi connectivity index (χ2v) is 6.77. The number of phenolic OH excluding ortho intramolecular Hbond substituents is 1. The lowest BCUT2D eigenvalue weighted by molar-refractivity contribution is 0.0616. The van der Waals surface area contributed by atoms with Gasteiger partial charge in [0, 0.05) is 11.5 Å². The molecule has 0 aliphatic heterocycles. The number of aromatic amines is 1. The highest BCUT2D eigenvalue weighted by Gasteiger charge is 2.29. The summed E-state index contributed by atoms with van der Waals surface area (Å²) < 4.78 is 0. The van der Waals surface area contributed by atoms with E-state index >= 15 is 0 Å². The molecule has 5 nitrogen and oxygen atoms in total. The van der Waals surface area contributed by atoms with E-state index in [2.05, 4.69) is 9.97 Å². The topological polar surface area (TPSA) is 86.2 Å². The summed E-state index contributed by atoms with van der Waals surface area (Å²) in [5, 5.41) is 21.1. The Morgan fingerprint density at radius 2 is 1.86 bits per heavy atom. The van der Waals surface area contributed by atoms with Gasteiger partial charge in [0.15, 0.2) is 0 Å². The largest absolute Gasteiger partial charge is 0.507 e. The standard InChI is InChI=1S/C16H22N2O3/c1-8(2)14-17-12-9(15(21)18-14)6-7-10(19)11(12)13(20)16(3,4)5/h6-8,13,19-20H,1-5H3,(H,17,18,21). The Balaban J connectivity index is 2.86. The molecule has 5 heteroatoms. The zero-order chi connectivity index (χ0) is 15.9. The summed E-state index contributed by atoms with van der Waals surface area (Å²) in [6, 6.07) is 2.96. The Labute approximate surface area is 123 Å². The normalized spacial score (nSPS) is 13.9. The molecule has 1 heterocycles. The molecule has 1 aromatic carbocycles. The van der Waals surface area contributed by atoms with E-state index in [1.807, 2.05) is 34.6 Å². The van der Waals surface area contributed by atoms with E-state index in [9.17, 15) is 15.0 Å². The van der Waals surface area contributed by atoms with Crippen LogP contribution >= 0.6 is 0 Å². The van der Waals surface area contributed by atoms with Crippen molar-refractivity contribution in [3.63, 3.8) is 0 Å². The SMILES string of the molecule is CC(C)c1nc2c(C(O)C(C)(C)C)c(O)ccc2c(=O)[nH]1. The minimum Gasteiger partial charge on any atom is -0.507 e. The third-order valence-corrected chi connectivity index (χ3v) is 3.55. The zero-order valence-corrected chi connectivity index (χ0v) is 13.1. The molecule has 0 bridgehead atoms. The van der Waals surface area contributed by atoms with E-state index in [0.717, 1.165) is 0 Å². The molecule has 0 aliphatic rings. The number of fused-ring (bicyclic) bond motifs is 1. The summed E-state index contributed by atoms with van der Waals surface area (Å²) in [5.41, 5.74) is -0.0578. The van der Waals surface area contributed by atoms with E-state index in [1.54, 1.807) is 0 Å². The summed E-state index contributed by atoms with van der Waals surface area (Å²) in [6.07, 6.45) is -0.921. The maximum atomic E-state index is 12.2. The number of benzene rings is 1. The number of rotatable bonds is 2. The van der Waals surface area contributed by atoms with E-state index in [-0.39, 0.29) is 17.2 Å². The quantitative estimate of drug-likeness (QED) is 0.793. The van der Waals surface area contributed by atoms with Gasteiger partial charge in [-0.15, -0.1) is 0 Å². The minimum absolute atomic E-state index is 0.0438. The Morgan fingerprint density at radius 1 is 1.24 bits per heavy atom. The number of nitrogens with one attached hydrogen (secondary N) is 1. The van der Waals surface area contributed by atoms with Crippen molar-refractivity contribution in [3.8, 4) is 5.75 Å². The Hall–Kier alpha value is -1.88. The molecular weight excluding hydrogens is 268 g/mol. The molecule has 1 aromatic heterocycles. The number of nitrogens with zero attached hydrogens (tertiary/aromatic N) is 1. The first-order valence-corrected chi connectivity index (χ1v) is 7.06. The van der Waals surface area contributed by atoms with Gasteiger partial charge in [-0.3, -0.25) is 4.79 Å². The van der Waals surface area contributed by atoms with E-state index in [0.29, 0.717) is 22.3 Å². The van der Waals surface area contributed by atoms with Crippen LogP contribution in [0.2, 0.25) is 0 Å². The molecule has 0 spiro atoms. The zero-order valence-electron chi connectivity index (χ0n) is 13.1. The number of aliphatic hydroxyl groups excluding tert-OH is 1. The average molecular weight is 290 g/mol. The van der Waals surface area contributed by atoms with Crippen molar-refractivity contribution in [3.05, 3.63) is 33.9 Å². The molecule has 114 valence electrons. The van der Waals surface area contributed by atoms with Crippen LogP contribution in [0.4, 0.5) is 0 Å².